The number of hydrogen-bond acceptors (Lipinski definition) is 7. The second-order valence-corrected chi connectivity index (χ2v) is 9.97. The van der Waals surface area contributed by atoms with Crippen LogP contribution < -0.4 is 4.90 Å². The fourth-order valence-electron chi connectivity index (χ4n) is 3.22. The number of pyridine rings is 1. The van der Waals surface area contributed by atoms with E-state index in [-0.39, 0.29) is 22.2 Å². The fourth-order valence-corrected chi connectivity index (χ4v) is 4.25. The van der Waals surface area contributed by atoms with Crippen LogP contribution in [0.1, 0.15) is 31.9 Å². The Morgan fingerprint density at radius 2 is 1.77 bits per heavy atom. The zero-order chi connectivity index (χ0) is 25.3. The van der Waals surface area contributed by atoms with E-state index in [0.717, 1.165) is 0 Å². The Hall–Kier alpha value is -4.00. The van der Waals surface area contributed by atoms with Crippen molar-refractivity contribution in [1.29, 1.82) is 4.78 Å². The van der Waals surface area contributed by atoms with Gasteiger partial charge in [0.25, 0.3) is 5.89 Å². The Balaban J connectivity index is 1.63. The second-order valence-electron chi connectivity index (χ2n) is 7.57. The highest BCUT2D eigenvalue weighted by atomic mass is 32.2. The zero-order valence-corrected chi connectivity index (χ0v) is 19.3. The number of nitrogens with one attached hydrogen (secondary N) is 1. The molecule has 1 aliphatic heterocycles. The molecule has 13 heteroatoms. The second kappa shape index (κ2) is 9.33. The van der Waals surface area contributed by atoms with Crippen LogP contribution in [0.15, 0.2) is 69.2 Å². The number of hydrogen-bond donors (Lipinski definition) is 1. The van der Waals surface area contributed by atoms with Gasteiger partial charge in [-0.05, 0) is 50.2 Å². The van der Waals surface area contributed by atoms with E-state index < -0.39 is 33.9 Å². The molecule has 0 radical (unpaired) electrons. The minimum atomic E-state index is -3.12. The first-order valence-electron chi connectivity index (χ1n) is 10.1. The molecule has 1 N–H and O–H groups in total. The van der Waals surface area contributed by atoms with Crippen LogP contribution in [0.2, 0.25) is 0 Å². The number of carbonyl (C=O) groups is 1. The lowest BCUT2D eigenvalue weighted by Crippen LogP contribution is -2.39. The fraction of sp³-hybridized carbons (Fsp3) is 0.182. The van der Waals surface area contributed by atoms with Gasteiger partial charge in [0, 0.05) is 34.1 Å². The molecule has 4 rings (SSSR count). The number of aromatic nitrogens is 3. The minimum Gasteiger partial charge on any atom is -0.415 e. The number of halogens is 3. The summed E-state index contributed by atoms with van der Waals surface area (Å²) in [5, 5.41) is 6.85. The van der Waals surface area contributed by atoms with Crippen molar-refractivity contribution in [2.75, 3.05) is 4.90 Å². The third kappa shape index (κ3) is 4.94. The number of nitrogens with zero attached hydrogens (tertiary/aromatic N) is 5. The molecule has 2 aromatic heterocycles. The summed E-state index contributed by atoms with van der Waals surface area (Å²) in [6.45, 7) is 2.97. The lowest BCUT2D eigenvalue weighted by atomic mass is 10.2. The third-order valence-corrected chi connectivity index (χ3v) is 7.18. The predicted octanol–water partition coefficient (Wildman–Crippen LogP) is 5.42. The Morgan fingerprint density at radius 1 is 1.11 bits per heavy atom. The number of rotatable bonds is 5. The summed E-state index contributed by atoms with van der Waals surface area (Å²) in [5.74, 6) is -1.41. The Kier molecular flexibility index (Phi) is 6.43. The molecule has 2 amide bonds. The van der Waals surface area contributed by atoms with Crippen molar-refractivity contribution in [1.82, 2.24) is 20.1 Å². The van der Waals surface area contributed by atoms with Gasteiger partial charge in [0.2, 0.25) is 5.89 Å². The maximum Gasteiger partial charge on any atom is 0.333 e. The Labute approximate surface area is 198 Å². The molecule has 1 aromatic carbocycles. The van der Waals surface area contributed by atoms with E-state index in [4.69, 9.17) is 9.20 Å². The average Bonchev–Trinajstić information content (AvgIpc) is 3.32. The lowest BCUT2D eigenvalue weighted by Gasteiger charge is -2.29. The summed E-state index contributed by atoms with van der Waals surface area (Å²) in [4.78, 5) is 20.7. The molecule has 0 fully saturated rings. The highest BCUT2D eigenvalue weighted by Gasteiger charge is 2.27. The van der Waals surface area contributed by atoms with Gasteiger partial charge in [-0.25, -0.2) is 18.2 Å². The van der Waals surface area contributed by atoms with E-state index in [9.17, 15) is 22.2 Å². The lowest BCUT2D eigenvalue weighted by molar-refractivity contribution is 0.116. The molecule has 9 nitrogen and oxygen atoms in total. The molecular formula is C22H19F3N6O3S. The van der Waals surface area contributed by atoms with Crippen molar-refractivity contribution in [2.45, 2.75) is 26.8 Å². The van der Waals surface area contributed by atoms with E-state index in [0.29, 0.717) is 16.9 Å². The van der Waals surface area contributed by atoms with Crippen LogP contribution in [-0.4, -0.2) is 30.3 Å². The molecule has 0 aliphatic carbocycles. The summed E-state index contributed by atoms with van der Waals surface area (Å²) in [6, 6.07) is 7.81. The van der Waals surface area contributed by atoms with E-state index in [1.165, 1.54) is 72.6 Å². The van der Waals surface area contributed by atoms with Crippen molar-refractivity contribution >= 4 is 21.4 Å². The zero-order valence-electron chi connectivity index (χ0n) is 18.5. The summed E-state index contributed by atoms with van der Waals surface area (Å²) in [6.07, 6.45) is 1.10. The van der Waals surface area contributed by atoms with Gasteiger partial charge >= 0.3 is 12.5 Å². The molecule has 35 heavy (non-hydrogen) atoms. The maximum absolute atomic E-state index is 13.5. The summed E-state index contributed by atoms with van der Waals surface area (Å²) in [7, 11) is -3.12. The molecule has 0 bridgehead atoms. The average molecular weight is 504 g/mol. The molecule has 0 spiro atoms. The standard InChI is InChI=1S/C22H19F3N6O3S/c1-13-10-30(11-14(2)35(13,26)33)22(32)31(18-7-4-16(23)5-8-18)12-17-6-3-15(9-27-17)20-28-29-21(34-20)19(24)25/h3-11,19,26H,12H2,1-2H3. The number of benzene rings is 1. The molecule has 0 saturated heterocycles. The Bertz CT molecular complexity index is 1390. The van der Waals surface area contributed by atoms with Crippen LogP contribution in [0.25, 0.3) is 11.5 Å². The predicted molar refractivity (Wildman–Crippen MR) is 121 cm³/mol. The van der Waals surface area contributed by atoms with Gasteiger partial charge in [0.15, 0.2) is 0 Å². The van der Waals surface area contributed by atoms with Crippen molar-refractivity contribution < 1.29 is 26.6 Å². The van der Waals surface area contributed by atoms with Gasteiger partial charge in [-0.3, -0.25) is 14.8 Å². The van der Waals surface area contributed by atoms with Crippen molar-refractivity contribution in [3.05, 3.63) is 82.2 Å². The first-order valence-corrected chi connectivity index (χ1v) is 11.7. The SMILES string of the molecule is CC1=CN(C(=O)N(Cc2ccc(-c3nnc(C(F)F)o3)cn2)c2ccc(F)cc2)C=C(C)S1(=N)=O. The number of urea groups is 1. The van der Waals surface area contributed by atoms with Crippen LogP contribution >= 0.6 is 0 Å². The first-order chi connectivity index (χ1) is 16.6. The molecule has 182 valence electrons. The summed E-state index contributed by atoms with van der Waals surface area (Å²) >= 11 is 0. The molecule has 3 aromatic rings. The Morgan fingerprint density at radius 3 is 2.31 bits per heavy atom. The number of amides is 2. The quantitative estimate of drug-likeness (QED) is 0.496. The van der Waals surface area contributed by atoms with Crippen LogP contribution in [-0.2, 0) is 16.3 Å². The van der Waals surface area contributed by atoms with Gasteiger partial charge in [-0.15, -0.1) is 10.2 Å². The smallest absolute Gasteiger partial charge is 0.333 e. The molecular weight excluding hydrogens is 485 g/mol. The third-order valence-electron chi connectivity index (χ3n) is 5.16. The molecule has 0 unspecified atom stereocenters. The van der Waals surface area contributed by atoms with E-state index in [1.54, 1.807) is 6.07 Å². The topological polar surface area (TPSA) is 116 Å². The van der Waals surface area contributed by atoms with E-state index in [1.807, 2.05) is 0 Å². The maximum atomic E-state index is 13.5. The van der Waals surface area contributed by atoms with Gasteiger partial charge in [-0.2, -0.15) is 8.78 Å². The van der Waals surface area contributed by atoms with Crippen LogP contribution in [0.3, 0.4) is 0 Å². The number of anilines is 1. The minimum absolute atomic E-state index is 0.0383. The number of allylic oxidation sites excluding steroid dienone is 2. The molecule has 1 aliphatic rings. The largest absolute Gasteiger partial charge is 0.415 e. The van der Waals surface area contributed by atoms with Crippen LogP contribution in [0.4, 0.5) is 23.7 Å². The molecule has 3 heterocycles. The molecule has 0 saturated carbocycles. The van der Waals surface area contributed by atoms with Gasteiger partial charge in [0.1, 0.15) is 5.82 Å². The first kappa shape index (κ1) is 24.1. The van der Waals surface area contributed by atoms with Gasteiger partial charge in [0.05, 0.1) is 27.5 Å². The van der Waals surface area contributed by atoms with Crippen molar-refractivity contribution in [3.8, 4) is 11.5 Å². The number of carbonyl (C=O) groups excluding carboxylic acids is 1. The highest BCUT2D eigenvalue weighted by molar-refractivity contribution is 7.99. The summed E-state index contributed by atoms with van der Waals surface area (Å²) < 4.78 is 64.3. The van der Waals surface area contributed by atoms with Crippen LogP contribution in [0, 0.1) is 10.6 Å². The van der Waals surface area contributed by atoms with Gasteiger partial charge in [-0.1, -0.05) is 0 Å². The normalized spacial score (nSPS) is 15.1. The number of alkyl halides is 2. The highest BCUT2D eigenvalue weighted by Crippen LogP contribution is 2.27. The van der Waals surface area contributed by atoms with Gasteiger partial charge < -0.3 is 4.42 Å². The van der Waals surface area contributed by atoms with Crippen LogP contribution in [0.5, 0.6) is 0 Å². The van der Waals surface area contributed by atoms with E-state index in [2.05, 4.69) is 15.2 Å². The summed E-state index contributed by atoms with van der Waals surface area (Å²) in [5.41, 5.74) is 1.10. The van der Waals surface area contributed by atoms with E-state index >= 15 is 0 Å². The monoisotopic (exact) mass is 504 g/mol. The van der Waals surface area contributed by atoms with Crippen molar-refractivity contribution in [3.63, 3.8) is 0 Å². The van der Waals surface area contributed by atoms with Crippen molar-refractivity contribution in [2.24, 2.45) is 0 Å². The molecule has 0 atom stereocenters.